The van der Waals surface area contributed by atoms with E-state index in [0.717, 1.165) is 24.8 Å². The van der Waals surface area contributed by atoms with Crippen LogP contribution in [0.4, 0.5) is 5.69 Å². The summed E-state index contributed by atoms with van der Waals surface area (Å²) in [4.78, 5) is 12.0. The molecule has 5 nitrogen and oxygen atoms in total. The first kappa shape index (κ1) is 20.5. The molecule has 2 rings (SSSR count). The van der Waals surface area contributed by atoms with Crippen LogP contribution in [0.15, 0.2) is 35.9 Å². The van der Waals surface area contributed by atoms with E-state index >= 15 is 0 Å². The van der Waals surface area contributed by atoms with Gasteiger partial charge in [-0.1, -0.05) is 23.8 Å². The minimum Gasteiger partial charge on any atom is -0.356 e. The average molecular weight is 379 g/mol. The molecule has 0 heterocycles. The van der Waals surface area contributed by atoms with Gasteiger partial charge in [-0.3, -0.25) is 9.10 Å². The Morgan fingerprint density at radius 2 is 2.08 bits per heavy atom. The Bertz CT molecular complexity index is 741. The van der Waals surface area contributed by atoms with Gasteiger partial charge in [0.2, 0.25) is 15.9 Å². The van der Waals surface area contributed by atoms with Crippen LogP contribution in [0.5, 0.6) is 0 Å². The zero-order valence-electron chi connectivity index (χ0n) is 15.8. The molecule has 1 N–H and O–H groups in total. The Morgan fingerprint density at radius 3 is 2.73 bits per heavy atom. The van der Waals surface area contributed by atoms with Crippen LogP contribution in [0.3, 0.4) is 0 Å². The van der Waals surface area contributed by atoms with E-state index in [0.29, 0.717) is 31.6 Å². The monoisotopic (exact) mass is 378 g/mol. The molecule has 0 unspecified atom stereocenters. The predicted octanol–water partition coefficient (Wildman–Crippen LogP) is 3.55. The van der Waals surface area contributed by atoms with Gasteiger partial charge in [-0.25, -0.2) is 8.42 Å². The van der Waals surface area contributed by atoms with E-state index in [9.17, 15) is 13.2 Å². The fraction of sp³-hybridized carbons (Fsp3) is 0.550. The lowest BCUT2D eigenvalue weighted by Crippen LogP contribution is -2.32. The number of hydrogen-bond acceptors (Lipinski definition) is 3. The van der Waals surface area contributed by atoms with E-state index in [4.69, 9.17) is 0 Å². The maximum Gasteiger partial charge on any atom is 0.232 e. The van der Waals surface area contributed by atoms with Gasteiger partial charge in [0.25, 0.3) is 0 Å². The topological polar surface area (TPSA) is 66.5 Å². The highest BCUT2D eigenvalue weighted by molar-refractivity contribution is 7.92. The number of nitrogens with zero attached hydrogens (tertiary/aromatic N) is 1. The number of benzene rings is 1. The second-order valence-corrected chi connectivity index (χ2v) is 8.89. The molecule has 0 saturated carbocycles. The third-order valence-corrected chi connectivity index (χ3v) is 5.80. The largest absolute Gasteiger partial charge is 0.356 e. The molecule has 1 aromatic rings. The molecule has 0 saturated heterocycles. The average Bonchev–Trinajstić information content (AvgIpc) is 2.58. The summed E-state index contributed by atoms with van der Waals surface area (Å²) in [6, 6.07) is 7.40. The molecule has 0 atom stereocenters. The van der Waals surface area contributed by atoms with Gasteiger partial charge >= 0.3 is 0 Å². The van der Waals surface area contributed by atoms with Crippen LogP contribution in [0.1, 0.15) is 50.5 Å². The molecule has 1 aliphatic carbocycles. The molecule has 0 aromatic heterocycles. The van der Waals surface area contributed by atoms with Crippen LogP contribution in [0.2, 0.25) is 0 Å². The molecule has 26 heavy (non-hydrogen) atoms. The van der Waals surface area contributed by atoms with Gasteiger partial charge < -0.3 is 5.32 Å². The molecule has 0 fully saturated rings. The van der Waals surface area contributed by atoms with Crippen molar-refractivity contribution in [3.8, 4) is 0 Å². The predicted molar refractivity (Wildman–Crippen MR) is 107 cm³/mol. The molecule has 144 valence electrons. The lowest BCUT2D eigenvalue weighted by molar-refractivity contribution is -0.121. The van der Waals surface area contributed by atoms with Crippen molar-refractivity contribution in [3.63, 3.8) is 0 Å². The molecule has 0 spiro atoms. The molecule has 6 heteroatoms. The highest BCUT2D eigenvalue weighted by atomic mass is 32.2. The van der Waals surface area contributed by atoms with Crippen molar-refractivity contribution < 1.29 is 13.2 Å². The minimum absolute atomic E-state index is 0.0147. The summed E-state index contributed by atoms with van der Waals surface area (Å²) in [7, 11) is -3.37. The number of amides is 1. The summed E-state index contributed by atoms with van der Waals surface area (Å²) in [6.45, 7) is 2.90. The van der Waals surface area contributed by atoms with Crippen LogP contribution in [0.25, 0.3) is 0 Å². The summed E-state index contributed by atoms with van der Waals surface area (Å²) in [5.41, 5.74) is 3.10. The summed E-state index contributed by atoms with van der Waals surface area (Å²) < 4.78 is 25.5. The number of anilines is 1. The quantitative estimate of drug-likeness (QED) is 0.668. The second kappa shape index (κ2) is 9.76. The summed E-state index contributed by atoms with van der Waals surface area (Å²) >= 11 is 0. The van der Waals surface area contributed by atoms with Crippen molar-refractivity contribution in [2.45, 2.75) is 51.9 Å². The maximum absolute atomic E-state index is 12.1. The van der Waals surface area contributed by atoms with E-state index in [1.807, 2.05) is 25.1 Å². The Hall–Kier alpha value is -1.82. The van der Waals surface area contributed by atoms with Gasteiger partial charge in [-0.05, 0) is 63.1 Å². The third kappa shape index (κ3) is 6.83. The van der Waals surface area contributed by atoms with Gasteiger partial charge in [-0.2, -0.15) is 0 Å². The highest BCUT2D eigenvalue weighted by Gasteiger charge is 2.17. The van der Waals surface area contributed by atoms with E-state index in [1.165, 1.54) is 29.0 Å². The molecular formula is C20H30N2O3S. The van der Waals surface area contributed by atoms with Crippen molar-refractivity contribution in [1.29, 1.82) is 0 Å². The summed E-state index contributed by atoms with van der Waals surface area (Å²) in [6.07, 6.45) is 10.1. The SMILES string of the molecule is Cc1cccc(N(CCCC(=O)NCCC2=CCCCC2)S(C)(=O)=O)c1. The number of allylic oxidation sites excluding steroid dienone is 1. The van der Waals surface area contributed by atoms with Crippen LogP contribution in [-0.4, -0.2) is 33.7 Å². The van der Waals surface area contributed by atoms with Gasteiger partial charge in [-0.15, -0.1) is 0 Å². The molecule has 0 bridgehead atoms. The van der Waals surface area contributed by atoms with Crippen LogP contribution in [-0.2, 0) is 14.8 Å². The van der Waals surface area contributed by atoms with Crippen molar-refractivity contribution >= 4 is 21.6 Å². The number of carbonyl (C=O) groups is 1. The molecule has 1 aromatic carbocycles. The Balaban J connectivity index is 1.78. The number of rotatable bonds is 9. The molecule has 1 amide bonds. The molecule has 1 aliphatic rings. The Morgan fingerprint density at radius 1 is 1.27 bits per heavy atom. The maximum atomic E-state index is 12.1. The van der Waals surface area contributed by atoms with Gasteiger partial charge in [0.1, 0.15) is 0 Å². The van der Waals surface area contributed by atoms with E-state index < -0.39 is 10.0 Å². The smallest absolute Gasteiger partial charge is 0.232 e. The molecular weight excluding hydrogens is 348 g/mol. The first-order chi connectivity index (χ1) is 12.4. The third-order valence-electron chi connectivity index (χ3n) is 4.61. The lowest BCUT2D eigenvalue weighted by atomic mass is 9.97. The number of hydrogen-bond donors (Lipinski definition) is 1. The molecule has 0 aliphatic heterocycles. The van der Waals surface area contributed by atoms with Gasteiger partial charge in [0, 0.05) is 19.5 Å². The van der Waals surface area contributed by atoms with Crippen molar-refractivity contribution in [1.82, 2.24) is 5.32 Å². The normalized spacial score (nSPS) is 14.6. The Kier molecular flexibility index (Phi) is 7.69. The van der Waals surface area contributed by atoms with Crippen molar-refractivity contribution in [2.75, 3.05) is 23.7 Å². The van der Waals surface area contributed by atoms with Gasteiger partial charge in [0.05, 0.1) is 11.9 Å². The van der Waals surface area contributed by atoms with Gasteiger partial charge in [0.15, 0.2) is 0 Å². The Labute approximate surface area is 157 Å². The number of carbonyl (C=O) groups excluding carboxylic acids is 1. The highest BCUT2D eigenvalue weighted by Crippen LogP contribution is 2.20. The lowest BCUT2D eigenvalue weighted by Gasteiger charge is -2.22. The summed E-state index contributed by atoms with van der Waals surface area (Å²) in [5, 5.41) is 2.94. The first-order valence-electron chi connectivity index (χ1n) is 9.35. The standard InChI is InChI=1S/C20H30N2O3S/c1-17-8-6-11-19(16-17)22(26(2,24)25)15-7-12-20(23)21-14-13-18-9-4-3-5-10-18/h6,8-9,11,16H,3-5,7,10,12-15H2,1-2H3,(H,21,23). The number of nitrogens with one attached hydrogen (secondary N) is 1. The fourth-order valence-corrected chi connectivity index (χ4v) is 4.19. The molecule has 0 radical (unpaired) electrons. The summed E-state index contributed by atoms with van der Waals surface area (Å²) in [5.74, 6) is -0.0147. The van der Waals surface area contributed by atoms with E-state index in [2.05, 4.69) is 11.4 Å². The number of sulfonamides is 1. The fourth-order valence-electron chi connectivity index (χ4n) is 3.24. The zero-order chi connectivity index (χ0) is 19.0. The van der Waals surface area contributed by atoms with Crippen LogP contribution in [0, 0.1) is 6.92 Å². The van der Waals surface area contributed by atoms with Crippen LogP contribution < -0.4 is 9.62 Å². The number of aryl methyl sites for hydroxylation is 1. The second-order valence-electron chi connectivity index (χ2n) is 6.99. The van der Waals surface area contributed by atoms with Crippen LogP contribution >= 0.6 is 0 Å². The minimum atomic E-state index is -3.37. The first-order valence-corrected chi connectivity index (χ1v) is 11.2. The van der Waals surface area contributed by atoms with E-state index in [1.54, 1.807) is 6.07 Å². The van der Waals surface area contributed by atoms with Crippen molar-refractivity contribution in [3.05, 3.63) is 41.5 Å². The zero-order valence-corrected chi connectivity index (χ0v) is 16.6. The van der Waals surface area contributed by atoms with E-state index in [-0.39, 0.29) is 5.91 Å². The van der Waals surface area contributed by atoms with Crippen molar-refractivity contribution in [2.24, 2.45) is 0 Å².